The average Bonchev–Trinajstić information content (AvgIpc) is 2.90. The highest BCUT2D eigenvalue weighted by Crippen LogP contribution is 2.27. The first-order valence-electron chi connectivity index (χ1n) is 5.68. The van der Waals surface area contributed by atoms with Crippen LogP contribution in [-0.2, 0) is 4.74 Å². The van der Waals surface area contributed by atoms with Gasteiger partial charge in [0.25, 0.3) is 0 Å². The lowest BCUT2D eigenvalue weighted by atomic mass is 10.2. The standard InChI is InChI=1S/C11H16N2O2S/c1-2-15-11(14)9-10(16-7-12-9)13-8-5-3-4-6-8/h7-8,13H,2-6H2,1H3. The maximum Gasteiger partial charge on any atom is 0.360 e. The summed E-state index contributed by atoms with van der Waals surface area (Å²) in [5.74, 6) is -0.329. The van der Waals surface area contributed by atoms with Gasteiger partial charge in [-0.25, -0.2) is 9.78 Å². The predicted octanol–water partition coefficient (Wildman–Crippen LogP) is 2.67. The third kappa shape index (κ3) is 2.52. The molecule has 1 aromatic heterocycles. The molecule has 0 atom stereocenters. The van der Waals surface area contributed by atoms with E-state index < -0.39 is 0 Å². The van der Waals surface area contributed by atoms with Gasteiger partial charge in [-0.05, 0) is 19.8 Å². The minimum atomic E-state index is -0.329. The summed E-state index contributed by atoms with van der Waals surface area (Å²) in [6, 6.07) is 0.494. The van der Waals surface area contributed by atoms with E-state index in [1.807, 2.05) is 0 Å². The highest BCUT2D eigenvalue weighted by Gasteiger charge is 2.20. The van der Waals surface area contributed by atoms with Gasteiger partial charge in [0, 0.05) is 6.04 Å². The van der Waals surface area contributed by atoms with Crippen molar-refractivity contribution in [2.24, 2.45) is 0 Å². The summed E-state index contributed by atoms with van der Waals surface area (Å²) < 4.78 is 4.96. The Bertz CT molecular complexity index is 359. The molecule has 0 saturated heterocycles. The number of ether oxygens (including phenoxy) is 1. The van der Waals surface area contributed by atoms with Crippen molar-refractivity contribution in [3.8, 4) is 0 Å². The summed E-state index contributed by atoms with van der Waals surface area (Å²) in [6.45, 7) is 2.19. The van der Waals surface area contributed by atoms with Crippen LogP contribution in [0.2, 0.25) is 0 Å². The molecule has 2 rings (SSSR count). The molecule has 1 heterocycles. The van der Waals surface area contributed by atoms with Crippen LogP contribution in [0.1, 0.15) is 43.1 Å². The Kier molecular flexibility index (Phi) is 3.77. The highest BCUT2D eigenvalue weighted by atomic mass is 32.1. The van der Waals surface area contributed by atoms with Crippen LogP contribution in [0.5, 0.6) is 0 Å². The van der Waals surface area contributed by atoms with Crippen LogP contribution < -0.4 is 5.32 Å². The van der Waals surface area contributed by atoms with Gasteiger partial charge in [-0.15, -0.1) is 11.3 Å². The molecule has 1 aliphatic rings. The lowest BCUT2D eigenvalue weighted by Gasteiger charge is -2.12. The predicted molar refractivity (Wildman–Crippen MR) is 63.9 cm³/mol. The Balaban J connectivity index is 2.03. The molecule has 16 heavy (non-hydrogen) atoms. The van der Waals surface area contributed by atoms with Crippen LogP contribution in [0.3, 0.4) is 0 Å². The highest BCUT2D eigenvalue weighted by molar-refractivity contribution is 7.14. The Morgan fingerprint density at radius 2 is 2.38 bits per heavy atom. The molecule has 1 saturated carbocycles. The van der Waals surface area contributed by atoms with E-state index in [1.165, 1.54) is 37.0 Å². The number of nitrogens with zero attached hydrogens (tertiary/aromatic N) is 1. The van der Waals surface area contributed by atoms with E-state index in [9.17, 15) is 4.79 Å². The van der Waals surface area contributed by atoms with Gasteiger partial charge in [0.15, 0.2) is 5.69 Å². The van der Waals surface area contributed by atoms with Gasteiger partial charge in [0.05, 0.1) is 12.1 Å². The van der Waals surface area contributed by atoms with E-state index in [1.54, 1.807) is 12.4 Å². The lowest BCUT2D eigenvalue weighted by Crippen LogP contribution is -2.16. The Morgan fingerprint density at radius 3 is 3.06 bits per heavy atom. The van der Waals surface area contributed by atoms with E-state index in [4.69, 9.17) is 4.74 Å². The molecule has 0 amide bonds. The van der Waals surface area contributed by atoms with E-state index in [-0.39, 0.29) is 5.97 Å². The van der Waals surface area contributed by atoms with Crippen molar-refractivity contribution in [3.63, 3.8) is 0 Å². The number of carbonyl (C=O) groups excluding carboxylic acids is 1. The van der Waals surface area contributed by atoms with Crippen LogP contribution >= 0.6 is 11.3 Å². The zero-order valence-corrected chi connectivity index (χ0v) is 10.2. The number of hydrogen-bond acceptors (Lipinski definition) is 5. The van der Waals surface area contributed by atoms with Gasteiger partial charge < -0.3 is 10.1 Å². The molecule has 4 nitrogen and oxygen atoms in total. The second kappa shape index (κ2) is 5.30. The largest absolute Gasteiger partial charge is 0.461 e. The topological polar surface area (TPSA) is 51.2 Å². The van der Waals surface area contributed by atoms with E-state index in [2.05, 4.69) is 10.3 Å². The molecule has 0 bridgehead atoms. The van der Waals surface area contributed by atoms with E-state index in [0.717, 1.165) is 5.00 Å². The Hall–Kier alpha value is -1.10. The van der Waals surface area contributed by atoms with Gasteiger partial charge in [0.2, 0.25) is 0 Å². The molecule has 1 N–H and O–H groups in total. The molecule has 0 radical (unpaired) electrons. The number of nitrogens with one attached hydrogen (secondary N) is 1. The maximum absolute atomic E-state index is 11.6. The number of aromatic nitrogens is 1. The molecule has 0 aliphatic heterocycles. The van der Waals surface area contributed by atoms with Crippen molar-refractivity contribution < 1.29 is 9.53 Å². The zero-order chi connectivity index (χ0) is 11.4. The number of carbonyl (C=O) groups is 1. The average molecular weight is 240 g/mol. The maximum atomic E-state index is 11.6. The molecule has 1 fully saturated rings. The van der Waals surface area contributed by atoms with Gasteiger partial charge in [-0.2, -0.15) is 0 Å². The quantitative estimate of drug-likeness (QED) is 0.822. The summed E-state index contributed by atoms with van der Waals surface area (Å²) in [7, 11) is 0. The van der Waals surface area contributed by atoms with Crippen LogP contribution in [0.4, 0.5) is 5.00 Å². The van der Waals surface area contributed by atoms with Crippen LogP contribution in [0.25, 0.3) is 0 Å². The third-order valence-corrected chi connectivity index (χ3v) is 3.48. The van der Waals surface area contributed by atoms with Crippen LogP contribution in [-0.4, -0.2) is 23.6 Å². The molecular weight excluding hydrogens is 224 g/mol. The number of esters is 1. The van der Waals surface area contributed by atoms with Crippen molar-refractivity contribution in [2.45, 2.75) is 38.6 Å². The molecule has 0 spiro atoms. The van der Waals surface area contributed by atoms with E-state index in [0.29, 0.717) is 18.3 Å². The molecule has 1 aromatic rings. The van der Waals surface area contributed by atoms with Crippen molar-refractivity contribution >= 4 is 22.3 Å². The first-order chi connectivity index (χ1) is 7.81. The Morgan fingerprint density at radius 1 is 1.62 bits per heavy atom. The third-order valence-electron chi connectivity index (χ3n) is 2.73. The fourth-order valence-electron chi connectivity index (χ4n) is 1.95. The van der Waals surface area contributed by atoms with Gasteiger partial charge >= 0.3 is 5.97 Å². The molecule has 88 valence electrons. The molecule has 0 aromatic carbocycles. The van der Waals surface area contributed by atoms with E-state index >= 15 is 0 Å². The van der Waals surface area contributed by atoms with Crippen molar-refractivity contribution in [3.05, 3.63) is 11.2 Å². The molecule has 0 unspecified atom stereocenters. The second-order valence-electron chi connectivity index (χ2n) is 3.88. The van der Waals surface area contributed by atoms with Crippen molar-refractivity contribution in [1.82, 2.24) is 4.98 Å². The summed E-state index contributed by atoms with van der Waals surface area (Å²) in [5.41, 5.74) is 2.11. The zero-order valence-electron chi connectivity index (χ0n) is 9.36. The summed E-state index contributed by atoms with van der Waals surface area (Å²) in [4.78, 5) is 15.6. The fraction of sp³-hybridized carbons (Fsp3) is 0.636. The summed E-state index contributed by atoms with van der Waals surface area (Å²) in [6.07, 6.45) is 4.90. The first-order valence-corrected chi connectivity index (χ1v) is 6.56. The number of hydrogen-bond donors (Lipinski definition) is 1. The van der Waals surface area contributed by atoms with Gasteiger partial charge in [-0.1, -0.05) is 12.8 Å². The number of thiazole rings is 1. The van der Waals surface area contributed by atoms with Gasteiger partial charge in [-0.3, -0.25) is 0 Å². The number of rotatable bonds is 4. The molecular formula is C11H16N2O2S. The summed E-state index contributed by atoms with van der Waals surface area (Å²) in [5, 5.41) is 4.24. The van der Waals surface area contributed by atoms with Crippen molar-refractivity contribution in [1.29, 1.82) is 0 Å². The van der Waals surface area contributed by atoms with Crippen molar-refractivity contribution in [2.75, 3.05) is 11.9 Å². The van der Waals surface area contributed by atoms with Gasteiger partial charge in [0.1, 0.15) is 5.00 Å². The smallest absolute Gasteiger partial charge is 0.360 e. The monoisotopic (exact) mass is 240 g/mol. The van der Waals surface area contributed by atoms with Crippen LogP contribution in [0, 0.1) is 0 Å². The number of anilines is 1. The minimum absolute atomic E-state index is 0.329. The summed E-state index contributed by atoms with van der Waals surface area (Å²) >= 11 is 1.47. The normalized spacial score (nSPS) is 16.3. The molecule has 5 heteroatoms. The van der Waals surface area contributed by atoms with Crippen LogP contribution in [0.15, 0.2) is 5.51 Å². The SMILES string of the molecule is CCOC(=O)c1ncsc1NC1CCCC1. The first kappa shape index (κ1) is 11.4. The fourth-order valence-corrected chi connectivity index (χ4v) is 2.69. The lowest BCUT2D eigenvalue weighted by molar-refractivity contribution is 0.0521. The second-order valence-corrected chi connectivity index (χ2v) is 4.73. The Labute approximate surface area is 99.0 Å². The molecule has 1 aliphatic carbocycles. The minimum Gasteiger partial charge on any atom is -0.461 e.